The van der Waals surface area contributed by atoms with E-state index in [1.54, 1.807) is 13.0 Å². The van der Waals surface area contributed by atoms with Gasteiger partial charge in [0.05, 0.1) is 0 Å². The molecule has 0 amide bonds. The van der Waals surface area contributed by atoms with E-state index in [2.05, 4.69) is 10.1 Å². The van der Waals surface area contributed by atoms with E-state index in [0.29, 0.717) is 11.1 Å². The van der Waals surface area contributed by atoms with Crippen molar-refractivity contribution in [2.24, 2.45) is 0 Å². The fourth-order valence-electron chi connectivity index (χ4n) is 2.04. The summed E-state index contributed by atoms with van der Waals surface area (Å²) in [5.74, 6) is -0.266. The topological polar surface area (TPSA) is 79.4 Å². The number of benzene rings is 2. The van der Waals surface area contributed by atoms with E-state index in [4.69, 9.17) is 4.52 Å². The van der Waals surface area contributed by atoms with Gasteiger partial charge >= 0.3 is 0 Å². The van der Waals surface area contributed by atoms with Crippen LogP contribution in [0.5, 0.6) is 11.5 Å². The summed E-state index contributed by atoms with van der Waals surface area (Å²) >= 11 is 0. The quantitative estimate of drug-likeness (QED) is 0.756. The highest BCUT2D eigenvalue weighted by molar-refractivity contribution is 5.63. The molecule has 3 rings (SSSR count). The minimum atomic E-state index is -0.383. The number of halogens is 1. The zero-order valence-corrected chi connectivity index (χ0v) is 11.0. The molecular formula is C15H11FN2O3. The summed E-state index contributed by atoms with van der Waals surface area (Å²) in [6, 6.07) is 8.40. The second-order valence-corrected chi connectivity index (χ2v) is 4.68. The number of aryl methyl sites for hydroxylation is 1. The maximum atomic E-state index is 13.4. The van der Waals surface area contributed by atoms with Gasteiger partial charge in [-0.3, -0.25) is 0 Å². The highest BCUT2D eigenvalue weighted by atomic mass is 19.1. The third-order valence-corrected chi connectivity index (χ3v) is 2.88. The molecule has 21 heavy (non-hydrogen) atoms. The molecule has 0 saturated heterocycles. The third-order valence-electron chi connectivity index (χ3n) is 2.88. The average Bonchev–Trinajstić information content (AvgIpc) is 2.85. The summed E-state index contributed by atoms with van der Waals surface area (Å²) in [5, 5.41) is 22.7. The van der Waals surface area contributed by atoms with Crippen molar-refractivity contribution in [3.8, 4) is 34.3 Å². The molecule has 0 atom stereocenters. The van der Waals surface area contributed by atoms with Crippen molar-refractivity contribution >= 4 is 0 Å². The normalized spacial score (nSPS) is 10.8. The molecule has 0 aliphatic rings. The van der Waals surface area contributed by atoms with Crippen molar-refractivity contribution in [2.45, 2.75) is 6.92 Å². The minimum Gasteiger partial charge on any atom is -0.508 e. The standard InChI is InChI=1S/C15H11FN2O3/c1-8-2-9(4-11(16)3-8)14-17-15(21-18-14)10-5-12(19)7-13(20)6-10/h2-7,19-20H,1H3. The molecule has 1 heterocycles. The second-order valence-electron chi connectivity index (χ2n) is 4.68. The Morgan fingerprint density at radius 2 is 1.67 bits per heavy atom. The monoisotopic (exact) mass is 286 g/mol. The summed E-state index contributed by atoms with van der Waals surface area (Å²) in [4.78, 5) is 4.15. The summed E-state index contributed by atoms with van der Waals surface area (Å²) in [6.45, 7) is 1.76. The highest BCUT2D eigenvalue weighted by Crippen LogP contribution is 2.29. The van der Waals surface area contributed by atoms with Gasteiger partial charge in [0.2, 0.25) is 5.82 Å². The second kappa shape index (κ2) is 4.90. The molecule has 0 aliphatic carbocycles. The van der Waals surface area contributed by atoms with Gasteiger partial charge in [-0.1, -0.05) is 5.16 Å². The van der Waals surface area contributed by atoms with Crippen molar-refractivity contribution in [2.75, 3.05) is 0 Å². The lowest BCUT2D eigenvalue weighted by Gasteiger charge is -1.98. The lowest BCUT2D eigenvalue weighted by molar-refractivity contribution is 0.428. The number of phenols is 2. The van der Waals surface area contributed by atoms with Crippen molar-refractivity contribution in [1.29, 1.82) is 0 Å². The van der Waals surface area contributed by atoms with E-state index in [1.807, 2.05) is 0 Å². The van der Waals surface area contributed by atoms with Crippen LogP contribution in [0.4, 0.5) is 4.39 Å². The molecule has 0 aliphatic heterocycles. The Bertz CT molecular complexity index is 708. The van der Waals surface area contributed by atoms with E-state index in [9.17, 15) is 14.6 Å². The first kappa shape index (κ1) is 13.1. The number of aromatic hydroxyl groups is 2. The van der Waals surface area contributed by atoms with E-state index < -0.39 is 0 Å². The minimum absolute atomic E-state index is 0.119. The van der Waals surface area contributed by atoms with Gasteiger partial charge < -0.3 is 14.7 Å². The smallest absolute Gasteiger partial charge is 0.258 e. The number of nitrogens with zero attached hydrogens (tertiary/aromatic N) is 2. The summed E-state index contributed by atoms with van der Waals surface area (Å²) in [5.41, 5.74) is 1.61. The van der Waals surface area contributed by atoms with Crippen LogP contribution in [0.1, 0.15) is 5.56 Å². The molecule has 0 saturated carbocycles. The van der Waals surface area contributed by atoms with Crippen LogP contribution in [0, 0.1) is 12.7 Å². The molecule has 0 spiro atoms. The number of aromatic nitrogens is 2. The number of phenolic OH excluding ortho intramolecular Hbond substituents is 2. The zero-order valence-electron chi connectivity index (χ0n) is 11.0. The van der Waals surface area contributed by atoms with E-state index >= 15 is 0 Å². The molecular weight excluding hydrogens is 275 g/mol. The maximum Gasteiger partial charge on any atom is 0.258 e. The molecule has 106 valence electrons. The maximum absolute atomic E-state index is 13.4. The first-order chi connectivity index (χ1) is 10.0. The first-order valence-corrected chi connectivity index (χ1v) is 6.16. The Hall–Kier alpha value is -2.89. The Balaban J connectivity index is 2.03. The largest absolute Gasteiger partial charge is 0.508 e. The highest BCUT2D eigenvalue weighted by Gasteiger charge is 2.13. The lowest BCUT2D eigenvalue weighted by Crippen LogP contribution is -1.85. The van der Waals surface area contributed by atoms with Gasteiger partial charge in [-0.25, -0.2) is 4.39 Å². The first-order valence-electron chi connectivity index (χ1n) is 6.16. The third kappa shape index (κ3) is 2.69. The van der Waals surface area contributed by atoms with E-state index in [-0.39, 0.29) is 29.0 Å². The van der Waals surface area contributed by atoms with E-state index in [0.717, 1.165) is 5.56 Å². The Morgan fingerprint density at radius 3 is 2.33 bits per heavy atom. The van der Waals surface area contributed by atoms with Gasteiger partial charge in [0.25, 0.3) is 5.89 Å². The predicted molar refractivity (Wildman–Crippen MR) is 73.2 cm³/mol. The van der Waals surface area contributed by atoms with Crippen LogP contribution in [0.2, 0.25) is 0 Å². The Labute approximate surface area is 119 Å². The van der Waals surface area contributed by atoms with Crippen LogP contribution in [-0.4, -0.2) is 20.4 Å². The summed E-state index contributed by atoms with van der Waals surface area (Å²) in [7, 11) is 0. The van der Waals surface area contributed by atoms with Crippen LogP contribution in [-0.2, 0) is 0 Å². The van der Waals surface area contributed by atoms with Gasteiger partial charge in [0.15, 0.2) is 0 Å². The van der Waals surface area contributed by atoms with Crippen LogP contribution in [0.3, 0.4) is 0 Å². The fraction of sp³-hybridized carbons (Fsp3) is 0.0667. The lowest BCUT2D eigenvalue weighted by atomic mass is 10.1. The van der Waals surface area contributed by atoms with Gasteiger partial charge in [-0.2, -0.15) is 4.98 Å². The number of hydrogen-bond donors (Lipinski definition) is 2. The molecule has 2 aromatic carbocycles. The zero-order chi connectivity index (χ0) is 15.0. The van der Waals surface area contributed by atoms with Crippen molar-refractivity contribution in [1.82, 2.24) is 10.1 Å². The van der Waals surface area contributed by atoms with Gasteiger partial charge in [-0.15, -0.1) is 0 Å². The molecule has 1 aromatic heterocycles. The van der Waals surface area contributed by atoms with Crippen LogP contribution >= 0.6 is 0 Å². The molecule has 0 fully saturated rings. The molecule has 5 nitrogen and oxygen atoms in total. The van der Waals surface area contributed by atoms with E-state index in [1.165, 1.54) is 30.3 Å². The number of rotatable bonds is 2. The molecule has 0 radical (unpaired) electrons. The average molecular weight is 286 g/mol. The van der Waals surface area contributed by atoms with Crippen LogP contribution in [0.25, 0.3) is 22.8 Å². The summed E-state index contributed by atoms with van der Waals surface area (Å²) in [6.07, 6.45) is 0. The fourth-order valence-corrected chi connectivity index (χ4v) is 2.04. The van der Waals surface area contributed by atoms with Crippen LogP contribution in [0.15, 0.2) is 40.9 Å². The molecule has 0 unspecified atom stereocenters. The van der Waals surface area contributed by atoms with Crippen molar-refractivity contribution in [3.05, 3.63) is 47.8 Å². The van der Waals surface area contributed by atoms with Gasteiger partial charge in [0, 0.05) is 17.2 Å². The number of hydrogen-bond acceptors (Lipinski definition) is 5. The predicted octanol–water partition coefficient (Wildman–Crippen LogP) is 3.26. The Morgan fingerprint density at radius 1 is 0.952 bits per heavy atom. The molecule has 6 heteroatoms. The summed E-state index contributed by atoms with van der Waals surface area (Å²) < 4.78 is 18.5. The Kier molecular flexibility index (Phi) is 3.06. The molecule has 0 bridgehead atoms. The van der Waals surface area contributed by atoms with Crippen LogP contribution < -0.4 is 0 Å². The van der Waals surface area contributed by atoms with Crippen molar-refractivity contribution < 1.29 is 19.1 Å². The van der Waals surface area contributed by atoms with Crippen molar-refractivity contribution in [3.63, 3.8) is 0 Å². The SMILES string of the molecule is Cc1cc(F)cc(-c2noc(-c3cc(O)cc(O)c3)n2)c1. The van der Waals surface area contributed by atoms with Gasteiger partial charge in [-0.05, 0) is 42.8 Å². The van der Waals surface area contributed by atoms with Gasteiger partial charge in [0.1, 0.15) is 17.3 Å². The molecule has 3 aromatic rings. The molecule has 2 N–H and O–H groups in total.